The Kier molecular flexibility index (Phi) is 4.76. The zero-order valence-electron chi connectivity index (χ0n) is 15.3. The van der Waals surface area contributed by atoms with E-state index in [1.54, 1.807) is 18.3 Å². The number of aromatic amines is 1. The molecule has 6 heteroatoms. The number of hydrogen-bond acceptors (Lipinski definition) is 3. The smallest absolute Gasteiger partial charge is 0.175 e. The second-order valence-electron chi connectivity index (χ2n) is 7.54. The SMILES string of the molecule is CS(=O)(=O)c1ccc([C@@H](CC2CCCC2)c2c(F)cnc3[nH]ccc23)cc1. The molecule has 0 unspecified atom stereocenters. The molecule has 1 aromatic carbocycles. The molecule has 4 rings (SSSR count). The summed E-state index contributed by atoms with van der Waals surface area (Å²) < 4.78 is 38.5. The summed E-state index contributed by atoms with van der Waals surface area (Å²) in [6, 6.07) is 8.77. The van der Waals surface area contributed by atoms with Crippen molar-refractivity contribution < 1.29 is 12.8 Å². The Morgan fingerprint density at radius 1 is 1.19 bits per heavy atom. The molecule has 0 amide bonds. The van der Waals surface area contributed by atoms with Crippen LogP contribution >= 0.6 is 0 Å². The molecule has 0 aliphatic heterocycles. The molecule has 27 heavy (non-hydrogen) atoms. The Balaban J connectivity index is 1.81. The molecule has 142 valence electrons. The van der Waals surface area contributed by atoms with Crippen molar-refractivity contribution >= 4 is 20.9 Å². The third kappa shape index (κ3) is 3.63. The Morgan fingerprint density at radius 3 is 2.56 bits per heavy atom. The minimum atomic E-state index is -3.26. The first-order valence-corrected chi connectivity index (χ1v) is 11.2. The van der Waals surface area contributed by atoms with Gasteiger partial charge in [0.2, 0.25) is 0 Å². The molecule has 1 atom stereocenters. The zero-order valence-corrected chi connectivity index (χ0v) is 16.1. The fourth-order valence-electron chi connectivity index (χ4n) is 4.31. The maximum atomic E-state index is 14.9. The van der Waals surface area contributed by atoms with Gasteiger partial charge in [-0.25, -0.2) is 17.8 Å². The number of pyridine rings is 1. The summed E-state index contributed by atoms with van der Waals surface area (Å²) in [5.74, 6) is 0.131. The predicted molar refractivity (Wildman–Crippen MR) is 104 cm³/mol. The van der Waals surface area contributed by atoms with Crippen LogP contribution in [-0.4, -0.2) is 24.6 Å². The number of sulfone groups is 1. The molecule has 2 aromatic heterocycles. The number of nitrogens with one attached hydrogen (secondary N) is 1. The summed E-state index contributed by atoms with van der Waals surface area (Å²) in [6.07, 6.45) is 9.90. The number of hydrogen-bond donors (Lipinski definition) is 1. The molecule has 1 saturated carbocycles. The number of halogens is 1. The molecule has 0 saturated heterocycles. The summed E-state index contributed by atoms with van der Waals surface area (Å²) in [5.41, 5.74) is 2.28. The lowest BCUT2D eigenvalue weighted by Crippen LogP contribution is -2.10. The van der Waals surface area contributed by atoms with Crippen molar-refractivity contribution in [3.05, 3.63) is 59.7 Å². The van der Waals surface area contributed by atoms with Crippen molar-refractivity contribution in [2.45, 2.75) is 42.9 Å². The summed E-state index contributed by atoms with van der Waals surface area (Å²) in [4.78, 5) is 7.49. The first-order chi connectivity index (χ1) is 12.9. The van der Waals surface area contributed by atoms with Crippen LogP contribution in [0.1, 0.15) is 49.1 Å². The number of H-pyrrole nitrogens is 1. The molecule has 0 radical (unpaired) electrons. The van der Waals surface area contributed by atoms with Gasteiger partial charge >= 0.3 is 0 Å². The van der Waals surface area contributed by atoms with Gasteiger partial charge in [-0.05, 0) is 36.1 Å². The molecule has 2 heterocycles. The van der Waals surface area contributed by atoms with E-state index in [0.29, 0.717) is 17.1 Å². The average molecular weight is 386 g/mol. The molecule has 1 N–H and O–H groups in total. The van der Waals surface area contributed by atoms with E-state index in [4.69, 9.17) is 0 Å². The van der Waals surface area contributed by atoms with Crippen molar-refractivity contribution in [1.29, 1.82) is 0 Å². The minimum Gasteiger partial charge on any atom is -0.346 e. The Morgan fingerprint density at radius 2 is 1.89 bits per heavy atom. The molecule has 3 aromatic rings. The lowest BCUT2D eigenvalue weighted by molar-refractivity contribution is 0.464. The van der Waals surface area contributed by atoms with Gasteiger partial charge in [0.05, 0.1) is 11.1 Å². The average Bonchev–Trinajstić information content (AvgIpc) is 3.31. The van der Waals surface area contributed by atoms with E-state index in [1.165, 1.54) is 38.1 Å². The quantitative estimate of drug-likeness (QED) is 0.684. The van der Waals surface area contributed by atoms with Crippen molar-refractivity contribution in [3.8, 4) is 0 Å². The van der Waals surface area contributed by atoms with Crippen molar-refractivity contribution in [2.24, 2.45) is 5.92 Å². The van der Waals surface area contributed by atoms with E-state index in [0.717, 1.165) is 17.4 Å². The van der Waals surface area contributed by atoms with Gasteiger partial charge in [-0.3, -0.25) is 0 Å². The van der Waals surface area contributed by atoms with Gasteiger partial charge in [0.25, 0.3) is 0 Å². The Labute approximate surface area is 158 Å². The number of rotatable bonds is 5. The molecule has 0 bridgehead atoms. The third-order valence-corrected chi connectivity index (χ3v) is 6.81. The van der Waals surface area contributed by atoms with Crippen LogP contribution in [0, 0.1) is 11.7 Å². The maximum absolute atomic E-state index is 14.9. The van der Waals surface area contributed by atoms with Crippen LogP contribution in [0.5, 0.6) is 0 Å². The van der Waals surface area contributed by atoms with E-state index in [9.17, 15) is 12.8 Å². The van der Waals surface area contributed by atoms with Crippen LogP contribution in [0.3, 0.4) is 0 Å². The highest BCUT2D eigenvalue weighted by atomic mass is 32.2. The van der Waals surface area contributed by atoms with Crippen LogP contribution < -0.4 is 0 Å². The monoisotopic (exact) mass is 386 g/mol. The number of benzene rings is 1. The fourth-order valence-corrected chi connectivity index (χ4v) is 4.94. The minimum absolute atomic E-state index is 0.122. The fraction of sp³-hybridized carbons (Fsp3) is 0.381. The zero-order chi connectivity index (χ0) is 19.0. The topological polar surface area (TPSA) is 62.8 Å². The molecule has 1 aliphatic carbocycles. The first kappa shape index (κ1) is 18.2. The summed E-state index contributed by atoms with van der Waals surface area (Å²) in [6.45, 7) is 0. The van der Waals surface area contributed by atoms with Crippen molar-refractivity contribution in [3.63, 3.8) is 0 Å². The van der Waals surface area contributed by atoms with Crippen LogP contribution in [0.15, 0.2) is 47.6 Å². The van der Waals surface area contributed by atoms with Gasteiger partial charge in [0, 0.05) is 29.3 Å². The van der Waals surface area contributed by atoms with Gasteiger partial charge in [0.1, 0.15) is 11.5 Å². The van der Waals surface area contributed by atoms with Crippen LogP contribution in [-0.2, 0) is 9.84 Å². The third-order valence-electron chi connectivity index (χ3n) is 5.68. The standard InChI is InChI=1S/C21H23FN2O2S/c1-27(25,26)16-8-6-15(7-9-16)18(12-14-4-2-3-5-14)20-17-10-11-23-21(17)24-13-19(20)22/h6-11,13-14,18H,2-5,12H2,1H3,(H,23,24)/t18-/m1/s1. The van der Waals surface area contributed by atoms with Crippen LogP contribution in [0.2, 0.25) is 0 Å². The van der Waals surface area contributed by atoms with Gasteiger partial charge in [0.15, 0.2) is 9.84 Å². The highest BCUT2D eigenvalue weighted by Gasteiger charge is 2.27. The molecule has 4 nitrogen and oxygen atoms in total. The van der Waals surface area contributed by atoms with E-state index in [-0.39, 0.29) is 16.6 Å². The summed E-state index contributed by atoms with van der Waals surface area (Å²) in [5, 5.41) is 0.796. The van der Waals surface area contributed by atoms with Crippen LogP contribution in [0.4, 0.5) is 4.39 Å². The summed E-state index contributed by atoms with van der Waals surface area (Å²) >= 11 is 0. The van der Waals surface area contributed by atoms with Gasteiger partial charge in [-0.1, -0.05) is 37.8 Å². The lowest BCUT2D eigenvalue weighted by Gasteiger charge is -2.23. The maximum Gasteiger partial charge on any atom is 0.175 e. The predicted octanol–water partition coefficient (Wildman–Crippen LogP) is 4.82. The molecular formula is C21H23FN2O2S. The molecule has 1 aliphatic rings. The van der Waals surface area contributed by atoms with Gasteiger partial charge < -0.3 is 4.98 Å². The van der Waals surface area contributed by atoms with Gasteiger partial charge in [-0.2, -0.15) is 0 Å². The molecule has 0 spiro atoms. The largest absolute Gasteiger partial charge is 0.346 e. The number of aromatic nitrogens is 2. The lowest BCUT2D eigenvalue weighted by atomic mass is 9.82. The van der Waals surface area contributed by atoms with E-state index in [2.05, 4.69) is 9.97 Å². The van der Waals surface area contributed by atoms with E-state index in [1.807, 2.05) is 18.2 Å². The second kappa shape index (κ2) is 7.08. The van der Waals surface area contributed by atoms with E-state index < -0.39 is 9.84 Å². The van der Waals surface area contributed by atoms with Crippen LogP contribution in [0.25, 0.3) is 11.0 Å². The van der Waals surface area contributed by atoms with Crippen molar-refractivity contribution in [1.82, 2.24) is 9.97 Å². The second-order valence-corrected chi connectivity index (χ2v) is 9.56. The number of fused-ring (bicyclic) bond motifs is 1. The highest BCUT2D eigenvalue weighted by molar-refractivity contribution is 7.90. The van der Waals surface area contributed by atoms with Crippen molar-refractivity contribution in [2.75, 3.05) is 6.26 Å². The Bertz CT molecular complexity index is 1050. The van der Waals surface area contributed by atoms with Gasteiger partial charge in [-0.15, -0.1) is 0 Å². The first-order valence-electron chi connectivity index (χ1n) is 9.35. The van der Waals surface area contributed by atoms with E-state index >= 15 is 0 Å². The summed E-state index contributed by atoms with van der Waals surface area (Å²) in [7, 11) is -3.26. The molecule has 1 fully saturated rings. The Hall–Kier alpha value is -2.21. The molecular weight excluding hydrogens is 363 g/mol. The number of nitrogens with zero attached hydrogens (tertiary/aromatic N) is 1. The highest BCUT2D eigenvalue weighted by Crippen LogP contribution is 2.40. The normalized spacial score (nSPS) is 16.8.